The molecule has 0 aliphatic rings. The van der Waals surface area contributed by atoms with Crippen molar-refractivity contribution in [3.63, 3.8) is 0 Å². The van der Waals surface area contributed by atoms with Crippen LogP contribution in [0.4, 0.5) is 0 Å². The monoisotopic (exact) mass is 323 g/mol. The lowest BCUT2D eigenvalue weighted by Crippen LogP contribution is -2.07. The summed E-state index contributed by atoms with van der Waals surface area (Å²) in [6, 6.07) is 14.7. The van der Waals surface area contributed by atoms with Gasteiger partial charge in [-0.05, 0) is 42.8 Å². The van der Waals surface area contributed by atoms with E-state index in [1.165, 1.54) is 0 Å². The maximum Gasteiger partial charge on any atom is 0.343 e. The molecule has 1 aromatic heterocycles. The molecule has 5 nitrogen and oxygen atoms in total. The van der Waals surface area contributed by atoms with Crippen LogP contribution in [0.1, 0.15) is 18.4 Å². The highest BCUT2D eigenvalue weighted by molar-refractivity contribution is 6.20. The Bertz CT molecular complexity index is 845. The third kappa shape index (κ3) is 3.30. The van der Waals surface area contributed by atoms with E-state index in [-0.39, 0.29) is 18.1 Å². The number of ether oxygens (including phenoxy) is 2. The molecule has 0 aliphatic carbocycles. The fraction of sp³-hybridized carbons (Fsp3) is 0.158. The predicted octanol–water partition coefficient (Wildman–Crippen LogP) is 3.94. The lowest BCUT2D eigenvalue weighted by molar-refractivity contribution is -0.136. The van der Waals surface area contributed by atoms with E-state index >= 15 is 0 Å². The average Bonchev–Trinajstić information content (AvgIpc) is 3.04. The van der Waals surface area contributed by atoms with Gasteiger partial charge in [0, 0.05) is 0 Å². The van der Waals surface area contributed by atoms with Gasteiger partial charge in [0.05, 0.1) is 13.7 Å². The highest BCUT2D eigenvalue weighted by Gasteiger charge is 2.19. The third-order valence-corrected chi connectivity index (χ3v) is 3.45. The van der Waals surface area contributed by atoms with Crippen LogP contribution in [-0.4, -0.2) is 24.7 Å². The van der Waals surface area contributed by atoms with Crippen molar-refractivity contribution in [3.8, 4) is 5.75 Å². The van der Waals surface area contributed by atoms with Crippen LogP contribution in [-0.2, 0) is 9.53 Å². The van der Waals surface area contributed by atoms with Crippen molar-refractivity contribution in [1.82, 2.24) is 4.98 Å². The largest absolute Gasteiger partial charge is 0.497 e. The molecule has 3 rings (SSSR count). The van der Waals surface area contributed by atoms with Gasteiger partial charge in [0.1, 0.15) is 16.8 Å². The minimum absolute atomic E-state index is 0.241. The van der Waals surface area contributed by atoms with Crippen LogP contribution >= 0.6 is 0 Å². The SMILES string of the molecule is CCOC(=O)/C(=C\c1ccc(OC)cc1)c1nc2ccccc2o1. The first kappa shape index (κ1) is 15.8. The van der Waals surface area contributed by atoms with Crippen molar-refractivity contribution in [3.05, 3.63) is 60.0 Å². The molecule has 0 unspecified atom stereocenters. The summed E-state index contributed by atoms with van der Waals surface area (Å²) < 4.78 is 16.0. The van der Waals surface area contributed by atoms with Crippen molar-refractivity contribution >= 4 is 28.7 Å². The number of hydrogen-bond acceptors (Lipinski definition) is 5. The van der Waals surface area contributed by atoms with Gasteiger partial charge in [-0.3, -0.25) is 0 Å². The number of hydrogen-bond donors (Lipinski definition) is 0. The van der Waals surface area contributed by atoms with Crippen molar-refractivity contribution in [1.29, 1.82) is 0 Å². The number of carbonyl (C=O) groups excluding carboxylic acids is 1. The average molecular weight is 323 g/mol. The first-order valence-electron chi connectivity index (χ1n) is 7.60. The summed E-state index contributed by atoms with van der Waals surface area (Å²) in [6.07, 6.45) is 1.70. The van der Waals surface area contributed by atoms with Gasteiger partial charge in [-0.25, -0.2) is 9.78 Å². The Balaban J connectivity index is 2.04. The van der Waals surface area contributed by atoms with Crippen LogP contribution in [0.25, 0.3) is 22.7 Å². The summed E-state index contributed by atoms with van der Waals surface area (Å²) in [6.45, 7) is 2.04. The molecule has 0 fully saturated rings. The topological polar surface area (TPSA) is 61.6 Å². The van der Waals surface area contributed by atoms with Gasteiger partial charge in [0.25, 0.3) is 0 Å². The van der Waals surface area contributed by atoms with E-state index in [0.29, 0.717) is 11.1 Å². The van der Waals surface area contributed by atoms with Gasteiger partial charge >= 0.3 is 5.97 Å². The molecule has 0 spiro atoms. The van der Waals surface area contributed by atoms with E-state index in [1.807, 2.05) is 48.5 Å². The number of oxazole rings is 1. The number of fused-ring (bicyclic) bond motifs is 1. The molecule has 0 N–H and O–H groups in total. The van der Waals surface area contributed by atoms with E-state index in [2.05, 4.69) is 4.98 Å². The Labute approximate surface area is 139 Å². The zero-order valence-corrected chi connectivity index (χ0v) is 13.5. The molecule has 0 saturated heterocycles. The molecule has 0 radical (unpaired) electrons. The van der Waals surface area contributed by atoms with Crippen LogP contribution in [0.3, 0.4) is 0 Å². The van der Waals surface area contributed by atoms with Gasteiger partial charge in [0.15, 0.2) is 5.58 Å². The standard InChI is InChI=1S/C19H17NO4/c1-3-23-19(21)15(12-13-8-10-14(22-2)11-9-13)18-20-16-6-4-5-7-17(16)24-18/h4-12H,3H2,1-2H3/b15-12-. The molecule has 3 aromatic rings. The molecule has 0 aliphatic heterocycles. The number of aromatic nitrogens is 1. The number of rotatable bonds is 5. The van der Waals surface area contributed by atoms with Gasteiger partial charge in [-0.1, -0.05) is 24.3 Å². The summed E-state index contributed by atoms with van der Waals surface area (Å²) in [4.78, 5) is 16.7. The fourth-order valence-corrected chi connectivity index (χ4v) is 2.27. The molecule has 2 aromatic carbocycles. The molecule has 24 heavy (non-hydrogen) atoms. The maximum atomic E-state index is 12.3. The molecular formula is C19H17NO4. The Hall–Kier alpha value is -3.08. The molecular weight excluding hydrogens is 306 g/mol. The molecule has 0 bridgehead atoms. The van der Waals surface area contributed by atoms with Crippen molar-refractivity contribution < 1.29 is 18.7 Å². The number of methoxy groups -OCH3 is 1. The highest BCUT2D eigenvalue weighted by atomic mass is 16.5. The zero-order valence-electron chi connectivity index (χ0n) is 13.5. The summed E-state index contributed by atoms with van der Waals surface area (Å²) in [5, 5.41) is 0. The Morgan fingerprint density at radius 2 is 1.92 bits per heavy atom. The molecule has 0 amide bonds. The van der Waals surface area contributed by atoms with Crippen molar-refractivity contribution in [2.24, 2.45) is 0 Å². The van der Waals surface area contributed by atoms with E-state index in [4.69, 9.17) is 13.9 Å². The Morgan fingerprint density at radius 3 is 2.58 bits per heavy atom. The summed E-state index contributed by atoms with van der Waals surface area (Å²) in [5.74, 6) is 0.511. The van der Waals surface area contributed by atoms with E-state index < -0.39 is 5.97 Å². The number of esters is 1. The second kappa shape index (κ2) is 7.00. The smallest absolute Gasteiger partial charge is 0.343 e. The van der Waals surface area contributed by atoms with Gasteiger partial charge in [0.2, 0.25) is 5.89 Å². The maximum absolute atomic E-state index is 12.3. The van der Waals surface area contributed by atoms with E-state index in [9.17, 15) is 4.79 Å². The third-order valence-electron chi connectivity index (χ3n) is 3.45. The second-order valence-electron chi connectivity index (χ2n) is 5.04. The van der Waals surface area contributed by atoms with Crippen LogP contribution in [0.5, 0.6) is 5.75 Å². The van der Waals surface area contributed by atoms with Crippen molar-refractivity contribution in [2.45, 2.75) is 6.92 Å². The first-order valence-corrected chi connectivity index (χ1v) is 7.60. The minimum Gasteiger partial charge on any atom is -0.497 e. The number of carbonyl (C=O) groups is 1. The summed E-state index contributed by atoms with van der Waals surface area (Å²) in [7, 11) is 1.60. The van der Waals surface area contributed by atoms with Gasteiger partial charge < -0.3 is 13.9 Å². The van der Waals surface area contributed by atoms with Crippen LogP contribution in [0, 0.1) is 0 Å². The molecule has 5 heteroatoms. The van der Waals surface area contributed by atoms with Crippen molar-refractivity contribution in [2.75, 3.05) is 13.7 Å². The van der Waals surface area contributed by atoms with Gasteiger partial charge in [-0.2, -0.15) is 0 Å². The fourth-order valence-electron chi connectivity index (χ4n) is 2.27. The molecule has 1 heterocycles. The highest BCUT2D eigenvalue weighted by Crippen LogP contribution is 2.24. The Morgan fingerprint density at radius 1 is 1.17 bits per heavy atom. The summed E-state index contributed by atoms with van der Waals surface area (Å²) >= 11 is 0. The minimum atomic E-state index is -0.472. The van der Waals surface area contributed by atoms with Crippen LogP contribution < -0.4 is 4.74 Å². The van der Waals surface area contributed by atoms with E-state index in [1.54, 1.807) is 20.1 Å². The molecule has 122 valence electrons. The van der Waals surface area contributed by atoms with Crippen LogP contribution in [0.15, 0.2) is 52.9 Å². The molecule has 0 saturated carbocycles. The number of benzene rings is 2. The molecule has 0 atom stereocenters. The normalized spacial score (nSPS) is 11.5. The first-order chi connectivity index (χ1) is 11.7. The number of para-hydroxylation sites is 2. The van der Waals surface area contributed by atoms with Crippen LogP contribution in [0.2, 0.25) is 0 Å². The zero-order chi connectivity index (χ0) is 16.9. The number of nitrogens with zero attached hydrogens (tertiary/aromatic N) is 1. The van der Waals surface area contributed by atoms with Gasteiger partial charge in [-0.15, -0.1) is 0 Å². The Kier molecular flexibility index (Phi) is 4.61. The van der Waals surface area contributed by atoms with E-state index in [0.717, 1.165) is 11.3 Å². The lowest BCUT2D eigenvalue weighted by atomic mass is 10.1. The summed E-state index contributed by atoms with van der Waals surface area (Å²) in [5.41, 5.74) is 2.41. The lowest BCUT2D eigenvalue weighted by Gasteiger charge is -2.04. The quantitative estimate of drug-likeness (QED) is 0.526. The second-order valence-corrected chi connectivity index (χ2v) is 5.04. The predicted molar refractivity (Wildman–Crippen MR) is 91.5 cm³/mol.